The van der Waals surface area contributed by atoms with Crippen LogP contribution in [0.25, 0.3) is 0 Å². The fourth-order valence-electron chi connectivity index (χ4n) is 1.29. The highest BCUT2D eigenvalue weighted by molar-refractivity contribution is 6.33. The number of anilines is 1. The molecule has 0 spiro atoms. The van der Waals surface area contributed by atoms with E-state index in [-0.39, 0.29) is 11.8 Å². The summed E-state index contributed by atoms with van der Waals surface area (Å²) in [6, 6.07) is 5.05. The lowest BCUT2D eigenvalue weighted by Crippen LogP contribution is -2.28. The number of hydrogen-bond donors (Lipinski definition) is 4. The molecule has 4 N–H and O–H groups in total. The second-order valence-corrected chi connectivity index (χ2v) is 4.65. The lowest BCUT2D eigenvalue weighted by molar-refractivity contribution is -0.124. The van der Waals surface area contributed by atoms with E-state index < -0.39 is 6.09 Å². The highest BCUT2D eigenvalue weighted by Crippen LogP contribution is 2.22. The van der Waals surface area contributed by atoms with Gasteiger partial charge in [-0.3, -0.25) is 10.2 Å². The SMILES string of the molecule is CC(C)C(=O)NCc1ccc(Cl)c(NNC(=O)O)c1. The van der Waals surface area contributed by atoms with Crippen molar-refractivity contribution < 1.29 is 14.7 Å². The van der Waals surface area contributed by atoms with Crippen LogP contribution < -0.4 is 16.2 Å². The van der Waals surface area contributed by atoms with Gasteiger partial charge in [-0.15, -0.1) is 0 Å². The molecule has 0 heterocycles. The standard InChI is InChI=1S/C12H16ClN3O3/c1-7(2)11(17)14-6-8-3-4-9(13)10(5-8)15-16-12(18)19/h3-5,7,15-16H,6H2,1-2H3,(H,14,17)(H,18,19). The van der Waals surface area contributed by atoms with Crippen LogP contribution in [0.15, 0.2) is 18.2 Å². The number of nitrogens with one attached hydrogen (secondary N) is 3. The molecule has 0 bridgehead atoms. The second-order valence-electron chi connectivity index (χ2n) is 4.24. The molecule has 6 nitrogen and oxygen atoms in total. The van der Waals surface area contributed by atoms with Gasteiger partial charge in [-0.25, -0.2) is 10.2 Å². The quantitative estimate of drug-likeness (QED) is 0.624. The molecule has 19 heavy (non-hydrogen) atoms. The monoisotopic (exact) mass is 285 g/mol. The van der Waals surface area contributed by atoms with Crippen LogP contribution in [-0.2, 0) is 11.3 Å². The number of benzene rings is 1. The Morgan fingerprint density at radius 1 is 1.37 bits per heavy atom. The predicted molar refractivity (Wildman–Crippen MR) is 72.9 cm³/mol. The first-order valence-corrected chi connectivity index (χ1v) is 6.09. The van der Waals surface area contributed by atoms with E-state index in [0.29, 0.717) is 17.3 Å². The fraction of sp³-hybridized carbons (Fsp3) is 0.333. The Labute approximate surface area is 116 Å². The summed E-state index contributed by atoms with van der Waals surface area (Å²) >= 11 is 5.91. The molecule has 0 unspecified atom stereocenters. The normalized spacial score (nSPS) is 10.1. The summed E-state index contributed by atoms with van der Waals surface area (Å²) in [5, 5.41) is 11.6. The lowest BCUT2D eigenvalue weighted by Gasteiger charge is -2.11. The number of carbonyl (C=O) groups is 2. The summed E-state index contributed by atoms with van der Waals surface area (Å²) in [6.45, 7) is 3.97. The number of hydrazine groups is 1. The summed E-state index contributed by atoms with van der Waals surface area (Å²) in [5.41, 5.74) is 5.72. The third-order valence-corrected chi connectivity index (χ3v) is 2.66. The smallest absolute Gasteiger partial charge is 0.423 e. The Kier molecular flexibility index (Phi) is 5.44. The molecule has 1 aromatic rings. The van der Waals surface area contributed by atoms with Crippen molar-refractivity contribution in [2.75, 3.05) is 5.43 Å². The van der Waals surface area contributed by atoms with Crippen molar-refractivity contribution in [2.45, 2.75) is 20.4 Å². The van der Waals surface area contributed by atoms with Gasteiger partial charge in [0, 0.05) is 12.5 Å². The molecular formula is C12H16ClN3O3. The molecule has 0 aliphatic carbocycles. The number of carbonyl (C=O) groups excluding carboxylic acids is 1. The van der Waals surface area contributed by atoms with Gasteiger partial charge in [0.15, 0.2) is 0 Å². The highest BCUT2D eigenvalue weighted by Gasteiger charge is 2.07. The molecule has 1 rings (SSSR count). The zero-order chi connectivity index (χ0) is 14.4. The van der Waals surface area contributed by atoms with E-state index in [2.05, 4.69) is 10.7 Å². The van der Waals surface area contributed by atoms with Gasteiger partial charge >= 0.3 is 6.09 Å². The summed E-state index contributed by atoms with van der Waals surface area (Å²) < 4.78 is 0. The molecule has 0 radical (unpaired) electrons. The van der Waals surface area contributed by atoms with Gasteiger partial charge in [0.25, 0.3) is 0 Å². The van der Waals surface area contributed by atoms with Gasteiger partial charge in [-0.1, -0.05) is 31.5 Å². The predicted octanol–water partition coefficient (Wildman–Crippen LogP) is 2.21. The van der Waals surface area contributed by atoms with E-state index in [1.165, 1.54) is 0 Å². The molecular weight excluding hydrogens is 270 g/mol. The first-order valence-electron chi connectivity index (χ1n) is 5.71. The summed E-state index contributed by atoms with van der Waals surface area (Å²) in [6.07, 6.45) is -1.21. The number of carboxylic acid groups (broad SMARTS) is 1. The van der Waals surface area contributed by atoms with Crippen molar-refractivity contribution in [1.29, 1.82) is 0 Å². The highest BCUT2D eigenvalue weighted by atomic mass is 35.5. The van der Waals surface area contributed by atoms with E-state index in [0.717, 1.165) is 5.56 Å². The first-order chi connectivity index (χ1) is 8.90. The van der Waals surface area contributed by atoms with Gasteiger partial charge in [-0.2, -0.15) is 0 Å². The topological polar surface area (TPSA) is 90.5 Å². The summed E-state index contributed by atoms with van der Waals surface area (Å²) in [4.78, 5) is 21.8. The van der Waals surface area contributed by atoms with Crippen LogP contribution >= 0.6 is 11.6 Å². The van der Waals surface area contributed by atoms with Crippen LogP contribution in [0.3, 0.4) is 0 Å². The van der Waals surface area contributed by atoms with Crippen molar-refractivity contribution in [3.63, 3.8) is 0 Å². The number of hydrogen-bond acceptors (Lipinski definition) is 3. The molecule has 7 heteroatoms. The van der Waals surface area contributed by atoms with Gasteiger partial charge < -0.3 is 10.4 Å². The molecule has 0 saturated heterocycles. The molecule has 104 valence electrons. The lowest BCUT2D eigenvalue weighted by atomic mass is 10.1. The first kappa shape index (κ1) is 15.1. The third-order valence-electron chi connectivity index (χ3n) is 2.33. The van der Waals surface area contributed by atoms with E-state index in [9.17, 15) is 9.59 Å². The van der Waals surface area contributed by atoms with E-state index in [1.807, 2.05) is 5.43 Å². The molecule has 2 amide bonds. The van der Waals surface area contributed by atoms with Crippen LogP contribution in [0.1, 0.15) is 19.4 Å². The Hall–Kier alpha value is -1.95. The second kappa shape index (κ2) is 6.84. The zero-order valence-electron chi connectivity index (χ0n) is 10.7. The van der Waals surface area contributed by atoms with Crippen LogP contribution in [-0.4, -0.2) is 17.1 Å². The Morgan fingerprint density at radius 3 is 2.63 bits per heavy atom. The summed E-state index contributed by atoms with van der Waals surface area (Å²) in [7, 11) is 0. The summed E-state index contributed by atoms with van der Waals surface area (Å²) in [5.74, 6) is -0.133. The molecule has 0 fully saturated rings. The minimum Gasteiger partial charge on any atom is -0.464 e. The van der Waals surface area contributed by atoms with Crippen LogP contribution in [0.5, 0.6) is 0 Å². The largest absolute Gasteiger partial charge is 0.464 e. The van der Waals surface area contributed by atoms with Gasteiger partial charge in [0.2, 0.25) is 5.91 Å². The zero-order valence-corrected chi connectivity index (χ0v) is 11.4. The van der Waals surface area contributed by atoms with Crippen LogP contribution in [0.2, 0.25) is 5.02 Å². The molecule has 1 aromatic carbocycles. The molecule has 0 aliphatic rings. The van der Waals surface area contributed by atoms with E-state index >= 15 is 0 Å². The van der Waals surface area contributed by atoms with Crippen molar-refractivity contribution in [3.8, 4) is 0 Å². The van der Waals surface area contributed by atoms with Gasteiger partial charge in [0.05, 0.1) is 10.7 Å². The fourth-order valence-corrected chi connectivity index (χ4v) is 1.46. The van der Waals surface area contributed by atoms with Gasteiger partial charge in [0.1, 0.15) is 0 Å². The van der Waals surface area contributed by atoms with E-state index in [1.54, 1.807) is 32.0 Å². The average Bonchev–Trinajstić information content (AvgIpc) is 2.35. The number of halogens is 1. The van der Waals surface area contributed by atoms with Crippen molar-refractivity contribution in [3.05, 3.63) is 28.8 Å². The molecule has 0 saturated carbocycles. The Morgan fingerprint density at radius 2 is 2.05 bits per heavy atom. The Bertz CT molecular complexity index is 477. The average molecular weight is 286 g/mol. The van der Waals surface area contributed by atoms with Crippen LogP contribution in [0.4, 0.5) is 10.5 Å². The van der Waals surface area contributed by atoms with E-state index in [4.69, 9.17) is 16.7 Å². The molecule has 0 aliphatic heterocycles. The Balaban J connectivity index is 2.67. The molecule has 0 aromatic heterocycles. The van der Waals surface area contributed by atoms with Crippen molar-refractivity contribution >= 4 is 29.3 Å². The van der Waals surface area contributed by atoms with Gasteiger partial charge in [-0.05, 0) is 17.7 Å². The number of rotatable bonds is 5. The minimum atomic E-state index is -1.21. The maximum atomic E-state index is 11.4. The minimum absolute atomic E-state index is 0.0480. The molecule has 0 atom stereocenters. The maximum Gasteiger partial charge on any atom is 0.423 e. The third kappa shape index (κ3) is 5.05. The van der Waals surface area contributed by atoms with Crippen molar-refractivity contribution in [2.24, 2.45) is 5.92 Å². The van der Waals surface area contributed by atoms with Crippen molar-refractivity contribution in [1.82, 2.24) is 10.7 Å². The number of amides is 2. The van der Waals surface area contributed by atoms with Crippen LogP contribution in [0, 0.1) is 5.92 Å². The maximum absolute atomic E-state index is 11.4.